The van der Waals surface area contributed by atoms with Crippen molar-refractivity contribution in [3.63, 3.8) is 0 Å². The van der Waals surface area contributed by atoms with Crippen LogP contribution in [-0.2, 0) is 4.79 Å². The van der Waals surface area contributed by atoms with Crippen LogP contribution >= 0.6 is 0 Å². The summed E-state index contributed by atoms with van der Waals surface area (Å²) >= 11 is 0. The summed E-state index contributed by atoms with van der Waals surface area (Å²) in [7, 11) is 0. The van der Waals surface area contributed by atoms with E-state index in [4.69, 9.17) is 5.11 Å². The number of carboxylic acids is 1. The summed E-state index contributed by atoms with van der Waals surface area (Å²) < 4.78 is 14.1. The lowest BCUT2D eigenvalue weighted by Crippen LogP contribution is -2.12. The van der Waals surface area contributed by atoms with Crippen molar-refractivity contribution in [1.82, 2.24) is 4.98 Å². The van der Waals surface area contributed by atoms with Crippen molar-refractivity contribution in [1.29, 1.82) is 0 Å². The lowest BCUT2D eigenvalue weighted by molar-refractivity contribution is -0.147. The predicted molar refractivity (Wildman–Crippen MR) is 62.2 cm³/mol. The molecular formula is C13H10FNO3. The summed E-state index contributed by atoms with van der Waals surface area (Å²) in [5.41, 5.74) is 0.471. The maximum atomic E-state index is 14.1. The van der Waals surface area contributed by atoms with Gasteiger partial charge in [0.2, 0.25) is 0 Å². The van der Waals surface area contributed by atoms with Crippen LogP contribution < -0.4 is 0 Å². The van der Waals surface area contributed by atoms with Crippen LogP contribution in [0.15, 0.2) is 42.7 Å². The number of hydrogen-bond donors (Lipinski definition) is 2. The van der Waals surface area contributed by atoms with Gasteiger partial charge in [0.25, 0.3) is 0 Å². The second kappa shape index (κ2) is 4.93. The topological polar surface area (TPSA) is 70.4 Å². The van der Waals surface area contributed by atoms with Crippen LogP contribution in [0.5, 0.6) is 0 Å². The molecule has 0 saturated heterocycles. The molecule has 0 aliphatic rings. The van der Waals surface area contributed by atoms with Gasteiger partial charge in [0.15, 0.2) is 6.10 Å². The fraction of sp³-hybridized carbons (Fsp3) is 0.0769. The van der Waals surface area contributed by atoms with Gasteiger partial charge in [-0.25, -0.2) is 9.18 Å². The molecule has 0 aliphatic carbocycles. The number of halogens is 1. The zero-order valence-electron chi connectivity index (χ0n) is 9.25. The Bertz CT molecular complexity index is 572. The molecule has 0 aliphatic heterocycles. The monoisotopic (exact) mass is 247 g/mol. The quantitative estimate of drug-likeness (QED) is 0.870. The summed E-state index contributed by atoms with van der Waals surface area (Å²) in [6.45, 7) is 0. The number of aliphatic hydroxyl groups excluding tert-OH is 1. The molecule has 0 radical (unpaired) electrons. The van der Waals surface area contributed by atoms with E-state index < -0.39 is 17.9 Å². The number of rotatable bonds is 3. The normalized spacial score (nSPS) is 12.1. The van der Waals surface area contributed by atoms with Crippen LogP contribution in [0.25, 0.3) is 11.1 Å². The van der Waals surface area contributed by atoms with Gasteiger partial charge in [-0.05, 0) is 6.07 Å². The molecule has 1 atom stereocenters. The third-order valence-corrected chi connectivity index (χ3v) is 2.53. The van der Waals surface area contributed by atoms with E-state index in [2.05, 4.69) is 4.98 Å². The zero-order valence-corrected chi connectivity index (χ0v) is 9.25. The van der Waals surface area contributed by atoms with Gasteiger partial charge in [-0.1, -0.05) is 24.3 Å². The van der Waals surface area contributed by atoms with Crippen LogP contribution in [-0.4, -0.2) is 21.2 Å². The van der Waals surface area contributed by atoms with Crippen molar-refractivity contribution in [2.24, 2.45) is 0 Å². The van der Waals surface area contributed by atoms with E-state index in [1.165, 1.54) is 24.4 Å². The van der Waals surface area contributed by atoms with Gasteiger partial charge in [0, 0.05) is 29.1 Å². The fourth-order valence-electron chi connectivity index (χ4n) is 1.64. The SMILES string of the molecule is O=C(O)C(O)c1cccc(-c2cccnc2)c1F. The van der Waals surface area contributed by atoms with Crippen molar-refractivity contribution >= 4 is 5.97 Å². The van der Waals surface area contributed by atoms with Crippen LogP contribution in [0.4, 0.5) is 4.39 Å². The predicted octanol–water partition coefficient (Wildman–Crippen LogP) is 2.01. The van der Waals surface area contributed by atoms with Crippen molar-refractivity contribution in [2.45, 2.75) is 6.10 Å². The minimum absolute atomic E-state index is 0.209. The number of aliphatic hydroxyl groups is 1. The first-order valence-electron chi connectivity index (χ1n) is 5.21. The van der Waals surface area contributed by atoms with Crippen molar-refractivity contribution in [2.75, 3.05) is 0 Å². The molecule has 2 aromatic rings. The highest BCUT2D eigenvalue weighted by molar-refractivity contribution is 5.75. The maximum absolute atomic E-state index is 14.1. The number of aliphatic carboxylic acids is 1. The molecule has 5 heteroatoms. The van der Waals surface area contributed by atoms with Gasteiger partial charge >= 0.3 is 5.97 Å². The van der Waals surface area contributed by atoms with E-state index in [0.717, 1.165) is 0 Å². The first-order valence-corrected chi connectivity index (χ1v) is 5.21. The Morgan fingerprint density at radius 2 is 2.06 bits per heavy atom. The molecule has 18 heavy (non-hydrogen) atoms. The molecule has 0 saturated carbocycles. The molecule has 2 N–H and O–H groups in total. The van der Waals surface area contributed by atoms with Crippen LogP contribution in [0.3, 0.4) is 0 Å². The van der Waals surface area contributed by atoms with E-state index in [1.54, 1.807) is 18.3 Å². The first kappa shape index (κ1) is 12.2. The number of carboxylic acid groups (broad SMARTS) is 1. The molecule has 0 fully saturated rings. The summed E-state index contributed by atoms with van der Waals surface area (Å²) in [6, 6.07) is 7.54. The maximum Gasteiger partial charge on any atom is 0.337 e. The highest BCUT2D eigenvalue weighted by Crippen LogP contribution is 2.27. The molecule has 4 nitrogen and oxygen atoms in total. The summed E-state index contributed by atoms with van der Waals surface area (Å²) in [6.07, 6.45) is 1.15. The molecule has 1 heterocycles. The molecule has 92 valence electrons. The van der Waals surface area contributed by atoms with Crippen LogP contribution in [0.1, 0.15) is 11.7 Å². The molecule has 0 spiro atoms. The number of carbonyl (C=O) groups is 1. The lowest BCUT2D eigenvalue weighted by atomic mass is 10.0. The van der Waals surface area contributed by atoms with Crippen molar-refractivity contribution in [3.8, 4) is 11.1 Å². The average Bonchev–Trinajstić information content (AvgIpc) is 2.39. The molecule has 1 aromatic heterocycles. The lowest BCUT2D eigenvalue weighted by Gasteiger charge is -2.10. The van der Waals surface area contributed by atoms with Crippen molar-refractivity contribution in [3.05, 3.63) is 54.1 Å². The molecule has 1 unspecified atom stereocenters. The third-order valence-electron chi connectivity index (χ3n) is 2.53. The van der Waals surface area contributed by atoms with E-state index >= 15 is 0 Å². The van der Waals surface area contributed by atoms with Gasteiger partial charge in [0.05, 0.1) is 0 Å². The Morgan fingerprint density at radius 1 is 1.28 bits per heavy atom. The second-order valence-electron chi connectivity index (χ2n) is 3.69. The third kappa shape index (κ3) is 2.21. The second-order valence-corrected chi connectivity index (χ2v) is 3.69. The fourth-order valence-corrected chi connectivity index (χ4v) is 1.64. The van der Waals surface area contributed by atoms with E-state index in [0.29, 0.717) is 5.56 Å². The van der Waals surface area contributed by atoms with Gasteiger partial charge in [-0.3, -0.25) is 4.98 Å². The molecule has 2 rings (SSSR count). The Labute approximate surface area is 102 Å². The Kier molecular flexibility index (Phi) is 3.34. The minimum atomic E-state index is -1.87. The van der Waals surface area contributed by atoms with E-state index in [-0.39, 0.29) is 11.1 Å². The largest absolute Gasteiger partial charge is 0.479 e. The van der Waals surface area contributed by atoms with E-state index in [1.807, 2.05) is 0 Å². The number of aromatic nitrogens is 1. The summed E-state index contributed by atoms with van der Waals surface area (Å²) in [5, 5.41) is 18.1. The van der Waals surface area contributed by atoms with Crippen LogP contribution in [0.2, 0.25) is 0 Å². The average molecular weight is 247 g/mol. The number of pyridine rings is 1. The highest BCUT2D eigenvalue weighted by atomic mass is 19.1. The molecule has 0 amide bonds. The standard InChI is InChI=1S/C13H10FNO3/c14-11-9(8-3-2-6-15-7-8)4-1-5-10(11)12(16)13(17)18/h1-7,12,16H,(H,17,18). The molecule has 0 bridgehead atoms. The first-order chi connectivity index (χ1) is 8.61. The van der Waals surface area contributed by atoms with Gasteiger partial charge in [0.1, 0.15) is 5.82 Å². The Balaban J connectivity index is 2.52. The van der Waals surface area contributed by atoms with Gasteiger partial charge < -0.3 is 10.2 Å². The Hall–Kier alpha value is -2.27. The van der Waals surface area contributed by atoms with Crippen molar-refractivity contribution < 1.29 is 19.4 Å². The number of benzene rings is 1. The highest BCUT2D eigenvalue weighted by Gasteiger charge is 2.21. The molecular weight excluding hydrogens is 237 g/mol. The minimum Gasteiger partial charge on any atom is -0.479 e. The Morgan fingerprint density at radius 3 is 2.67 bits per heavy atom. The van der Waals surface area contributed by atoms with Gasteiger partial charge in [-0.15, -0.1) is 0 Å². The van der Waals surface area contributed by atoms with Crippen LogP contribution in [0, 0.1) is 5.82 Å². The summed E-state index contributed by atoms with van der Waals surface area (Å²) in [5.74, 6) is -2.24. The van der Waals surface area contributed by atoms with Gasteiger partial charge in [-0.2, -0.15) is 0 Å². The molecule has 1 aromatic carbocycles. The summed E-state index contributed by atoms with van der Waals surface area (Å²) in [4.78, 5) is 14.5. The van der Waals surface area contributed by atoms with E-state index in [9.17, 15) is 14.3 Å². The smallest absolute Gasteiger partial charge is 0.337 e. The zero-order chi connectivity index (χ0) is 13.1. The number of hydrogen-bond acceptors (Lipinski definition) is 3. The number of nitrogens with zero attached hydrogens (tertiary/aromatic N) is 1.